The van der Waals surface area contributed by atoms with Crippen molar-refractivity contribution in [1.29, 1.82) is 0 Å². The molecule has 0 aromatic heterocycles. The Bertz CT molecular complexity index is 247. The van der Waals surface area contributed by atoms with Gasteiger partial charge in [-0.15, -0.1) is 0 Å². The van der Waals surface area contributed by atoms with E-state index in [1.807, 2.05) is 13.8 Å². The van der Waals surface area contributed by atoms with Gasteiger partial charge in [0.2, 0.25) is 10.0 Å². The van der Waals surface area contributed by atoms with Crippen LogP contribution in [-0.4, -0.2) is 43.3 Å². The Labute approximate surface area is 87.0 Å². The zero-order chi connectivity index (χ0) is 11.4. The number of aliphatic hydroxyl groups excluding tert-OH is 1. The Morgan fingerprint density at radius 2 is 1.79 bits per heavy atom. The molecule has 0 fully saturated rings. The number of sulfonamides is 1. The maximum Gasteiger partial charge on any atom is 0.214 e. The van der Waals surface area contributed by atoms with Crippen molar-refractivity contribution in [2.45, 2.75) is 33.3 Å². The molecule has 0 saturated carbocycles. The van der Waals surface area contributed by atoms with Crippen LogP contribution in [0.3, 0.4) is 0 Å². The molecule has 0 aliphatic heterocycles. The molecule has 0 aliphatic carbocycles. The molecule has 1 N–H and O–H groups in total. The second-order valence-electron chi connectivity index (χ2n) is 4.13. The van der Waals surface area contributed by atoms with Crippen molar-refractivity contribution >= 4 is 10.0 Å². The van der Waals surface area contributed by atoms with Crippen LogP contribution in [0.2, 0.25) is 0 Å². The van der Waals surface area contributed by atoms with Crippen LogP contribution in [-0.2, 0) is 10.0 Å². The van der Waals surface area contributed by atoms with Crippen molar-refractivity contribution in [3.8, 4) is 0 Å². The van der Waals surface area contributed by atoms with Gasteiger partial charge in [0.15, 0.2) is 0 Å². The lowest BCUT2D eigenvalue weighted by Gasteiger charge is -2.18. The van der Waals surface area contributed by atoms with Gasteiger partial charge in [0, 0.05) is 13.6 Å². The third-order valence-corrected chi connectivity index (χ3v) is 4.10. The fraction of sp³-hybridized carbons (Fsp3) is 1.00. The molecule has 1 atom stereocenters. The summed E-state index contributed by atoms with van der Waals surface area (Å²) in [5.41, 5.74) is 0. The first-order chi connectivity index (χ1) is 6.25. The topological polar surface area (TPSA) is 57.6 Å². The Morgan fingerprint density at radius 3 is 2.14 bits per heavy atom. The average molecular weight is 223 g/mol. The standard InChI is InChI=1S/C9H21NO3S/c1-8(2)7-14(12,13)10(4)6-5-9(3)11/h8-9,11H,5-7H2,1-4H3. The van der Waals surface area contributed by atoms with E-state index in [-0.39, 0.29) is 11.7 Å². The summed E-state index contributed by atoms with van der Waals surface area (Å²) >= 11 is 0. The Hall–Kier alpha value is -0.130. The van der Waals surface area contributed by atoms with Gasteiger partial charge >= 0.3 is 0 Å². The molecular weight excluding hydrogens is 202 g/mol. The van der Waals surface area contributed by atoms with Gasteiger partial charge in [-0.1, -0.05) is 13.8 Å². The lowest BCUT2D eigenvalue weighted by Crippen LogP contribution is -2.33. The Morgan fingerprint density at radius 1 is 1.29 bits per heavy atom. The normalized spacial score (nSPS) is 15.1. The van der Waals surface area contributed by atoms with Crippen LogP contribution in [0, 0.1) is 5.92 Å². The zero-order valence-electron chi connectivity index (χ0n) is 9.40. The van der Waals surface area contributed by atoms with Crippen molar-refractivity contribution in [3.63, 3.8) is 0 Å². The molecule has 0 heterocycles. The van der Waals surface area contributed by atoms with E-state index in [1.54, 1.807) is 14.0 Å². The van der Waals surface area contributed by atoms with Gasteiger partial charge in [0.25, 0.3) is 0 Å². The largest absolute Gasteiger partial charge is 0.393 e. The fourth-order valence-corrected chi connectivity index (χ4v) is 2.54. The van der Waals surface area contributed by atoms with Crippen molar-refractivity contribution in [3.05, 3.63) is 0 Å². The molecule has 4 nitrogen and oxygen atoms in total. The fourth-order valence-electron chi connectivity index (χ4n) is 1.06. The van der Waals surface area contributed by atoms with Gasteiger partial charge < -0.3 is 5.11 Å². The smallest absolute Gasteiger partial charge is 0.214 e. The van der Waals surface area contributed by atoms with E-state index >= 15 is 0 Å². The number of rotatable bonds is 6. The maximum atomic E-state index is 11.6. The number of hydrogen-bond acceptors (Lipinski definition) is 3. The van der Waals surface area contributed by atoms with E-state index < -0.39 is 16.1 Å². The minimum Gasteiger partial charge on any atom is -0.393 e. The summed E-state index contributed by atoms with van der Waals surface area (Å²) in [6.07, 6.45) is 0.0279. The monoisotopic (exact) mass is 223 g/mol. The molecule has 0 aliphatic rings. The third-order valence-electron chi connectivity index (χ3n) is 1.88. The summed E-state index contributed by atoms with van der Waals surface area (Å²) in [5.74, 6) is 0.303. The summed E-state index contributed by atoms with van der Waals surface area (Å²) in [7, 11) is -1.58. The van der Waals surface area contributed by atoms with E-state index in [2.05, 4.69) is 0 Å². The summed E-state index contributed by atoms with van der Waals surface area (Å²) in [5, 5.41) is 9.03. The molecule has 0 aromatic rings. The van der Waals surface area contributed by atoms with Crippen LogP contribution in [0.25, 0.3) is 0 Å². The van der Waals surface area contributed by atoms with Crippen LogP contribution in [0.1, 0.15) is 27.2 Å². The van der Waals surface area contributed by atoms with Gasteiger partial charge in [-0.2, -0.15) is 0 Å². The summed E-state index contributed by atoms with van der Waals surface area (Å²) in [6.45, 7) is 5.79. The molecule has 1 unspecified atom stereocenters. The second-order valence-corrected chi connectivity index (χ2v) is 6.25. The SMILES string of the molecule is CC(C)CS(=O)(=O)N(C)CCC(C)O. The first-order valence-electron chi connectivity index (χ1n) is 4.87. The highest BCUT2D eigenvalue weighted by atomic mass is 32.2. The van der Waals surface area contributed by atoms with E-state index in [0.29, 0.717) is 13.0 Å². The van der Waals surface area contributed by atoms with Gasteiger partial charge in [0.05, 0.1) is 11.9 Å². The first-order valence-corrected chi connectivity index (χ1v) is 6.48. The molecule has 5 heteroatoms. The highest BCUT2D eigenvalue weighted by Crippen LogP contribution is 2.06. The Kier molecular flexibility index (Phi) is 5.63. The van der Waals surface area contributed by atoms with Crippen molar-refractivity contribution < 1.29 is 13.5 Å². The van der Waals surface area contributed by atoms with Crippen molar-refractivity contribution in [2.24, 2.45) is 5.92 Å². The summed E-state index contributed by atoms with van der Waals surface area (Å²) < 4.78 is 24.5. The van der Waals surface area contributed by atoms with E-state index in [1.165, 1.54) is 4.31 Å². The molecule has 0 aromatic carbocycles. The predicted molar refractivity (Wildman–Crippen MR) is 57.6 cm³/mol. The van der Waals surface area contributed by atoms with Gasteiger partial charge in [0.1, 0.15) is 0 Å². The van der Waals surface area contributed by atoms with Gasteiger partial charge in [-0.25, -0.2) is 12.7 Å². The number of aliphatic hydroxyl groups is 1. The van der Waals surface area contributed by atoms with Gasteiger partial charge in [-0.3, -0.25) is 0 Å². The minimum atomic E-state index is -3.13. The van der Waals surface area contributed by atoms with Gasteiger partial charge in [-0.05, 0) is 19.3 Å². The molecular formula is C9H21NO3S. The maximum absolute atomic E-state index is 11.6. The molecule has 0 spiro atoms. The molecule has 0 rings (SSSR count). The van der Waals surface area contributed by atoms with E-state index in [4.69, 9.17) is 5.11 Å². The molecule has 0 saturated heterocycles. The molecule has 0 radical (unpaired) electrons. The molecule has 86 valence electrons. The van der Waals surface area contributed by atoms with Crippen molar-refractivity contribution in [1.82, 2.24) is 4.31 Å². The molecule has 14 heavy (non-hydrogen) atoms. The lowest BCUT2D eigenvalue weighted by atomic mass is 10.3. The minimum absolute atomic E-state index is 0.133. The predicted octanol–water partition coefficient (Wildman–Crippen LogP) is 0.675. The van der Waals surface area contributed by atoms with Crippen LogP contribution in [0.15, 0.2) is 0 Å². The van der Waals surface area contributed by atoms with Crippen LogP contribution >= 0.6 is 0 Å². The van der Waals surface area contributed by atoms with E-state index in [0.717, 1.165) is 0 Å². The summed E-state index contributed by atoms with van der Waals surface area (Å²) in [4.78, 5) is 0. The molecule has 0 amide bonds. The highest BCUT2D eigenvalue weighted by molar-refractivity contribution is 7.89. The zero-order valence-corrected chi connectivity index (χ0v) is 10.2. The highest BCUT2D eigenvalue weighted by Gasteiger charge is 2.19. The molecule has 0 bridgehead atoms. The number of nitrogens with zero attached hydrogens (tertiary/aromatic N) is 1. The van der Waals surface area contributed by atoms with Crippen LogP contribution < -0.4 is 0 Å². The van der Waals surface area contributed by atoms with Crippen LogP contribution in [0.5, 0.6) is 0 Å². The van der Waals surface area contributed by atoms with Crippen LogP contribution in [0.4, 0.5) is 0 Å². The lowest BCUT2D eigenvalue weighted by molar-refractivity contribution is 0.177. The van der Waals surface area contributed by atoms with Crippen molar-refractivity contribution in [2.75, 3.05) is 19.3 Å². The quantitative estimate of drug-likeness (QED) is 0.720. The Balaban J connectivity index is 4.15. The van der Waals surface area contributed by atoms with E-state index in [9.17, 15) is 8.42 Å². The average Bonchev–Trinajstić information content (AvgIpc) is 1.97. The third kappa shape index (κ3) is 5.57. The number of hydrogen-bond donors (Lipinski definition) is 1. The first kappa shape index (κ1) is 13.9. The summed E-state index contributed by atoms with van der Waals surface area (Å²) in [6, 6.07) is 0. The second kappa shape index (κ2) is 5.68.